The lowest BCUT2D eigenvalue weighted by Crippen LogP contribution is -2.17. The molecule has 0 heterocycles. The summed E-state index contributed by atoms with van der Waals surface area (Å²) in [6, 6.07) is 8.02. The molecule has 0 atom stereocenters. The summed E-state index contributed by atoms with van der Waals surface area (Å²) in [6.07, 6.45) is 0.757. The first-order valence-corrected chi connectivity index (χ1v) is 5.06. The number of benzene rings is 1. The minimum absolute atomic E-state index is 0.740. The lowest BCUT2D eigenvalue weighted by Gasteiger charge is -2.10. The van der Waals surface area contributed by atoms with Crippen molar-refractivity contribution in [1.29, 1.82) is 0 Å². The summed E-state index contributed by atoms with van der Waals surface area (Å²) < 4.78 is 0. The molecule has 3 heteroatoms. The highest BCUT2D eigenvalue weighted by molar-refractivity contribution is 6.00. The molecule has 0 radical (unpaired) electrons. The molecule has 0 saturated carbocycles. The monoisotopic (exact) mass is 206 g/mol. The van der Waals surface area contributed by atoms with Crippen LogP contribution in [0.1, 0.15) is 17.5 Å². The average molecular weight is 206 g/mol. The summed E-state index contributed by atoms with van der Waals surface area (Å²) in [4.78, 5) is 2.07. The van der Waals surface area contributed by atoms with Gasteiger partial charge in [0.25, 0.3) is 0 Å². The Morgan fingerprint density at radius 2 is 1.87 bits per heavy atom. The van der Waals surface area contributed by atoms with Gasteiger partial charge in [-0.2, -0.15) is 0 Å². The highest BCUT2D eigenvalue weighted by Gasteiger charge is 2.04. The largest absolute Gasteiger partial charge is 0.411 e. The topological polar surface area (TPSA) is 35.8 Å². The van der Waals surface area contributed by atoms with Crippen molar-refractivity contribution in [3.63, 3.8) is 0 Å². The van der Waals surface area contributed by atoms with Gasteiger partial charge in [-0.3, -0.25) is 0 Å². The van der Waals surface area contributed by atoms with Gasteiger partial charge >= 0.3 is 0 Å². The van der Waals surface area contributed by atoms with Gasteiger partial charge < -0.3 is 10.1 Å². The molecule has 0 spiro atoms. The van der Waals surface area contributed by atoms with Crippen molar-refractivity contribution >= 4 is 5.71 Å². The van der Waals surface area contributed by atoms with Gasteiger partial charge in [-0.1, -0.05) is 35.0 Å². The molecular weight excluding hydrogens is 188 g/mol. The lowest BCUT2D eigenvalue weighted by atomic mass is 10.1. The molecular formula is C12H18N2O. The summed E-state index contributed by atoms with van der Waals surface area (Å²) in [5, 5.41) is 12.3. The highest BCUT2D eigenvalue weighted by Crippen LogP contribution is 2.07. The van der Waals surface area contributed by atoms with Crippen LogP contribution >= 0.6 is 0 Å². The van der Waals surface area contributed by atoms with Gasteiger partial charge in [-0.05, 0) is 26.6 Å². The number of aryl methyl sites for hydroxylation is 1. The van der Waals surface area contributed by atoms with Gasteiger partial charge in [-0.25, -0.2) is 0 Å². The van der Waals surface area contributed by atoms with Crippen LogP contribution in [0.15, 0.2) is 29.4 Å². The molecule has 0 aromatic heterocycles. The van der Waals surface area contributed by atoms with Crippen LogP contribution in [0.5, 0.6) is 0 Å². The fraction of sp³-hybridized carbons (Fsp3) is 0.417. The SMILES string of the molecule is Cc1ccc(/C(CCN(C)C)=N/O)cc1. The van der Waals surface area contributed by atoms with Crippen LogP contribution in [0.4, 0.5) is 0 Å². The molecule has 0 saturated heterocycles. The highest BCUT2D eigenvalue weighted by atomic mass is 16.4. The second kappa shape index (κ2) is 5.51. The summed E-state index contributed by atoms with van der Waals surface area (Å²) >= 11 is 0. The predicted molar refractivity (Wildman–Crippen MR) is 62.7 cm³/mol. The third-order valence-electron chi connectivity index (χ3n) is 2.30. The van der Waals surface area contributed by atoms with E-state index < -0.39 is 0 Å². The van der Waals surface area contributed by atoms with Crippen molar-refractivity contribution in [3.8, 4) is 0 Å². The van der Waals surface area contributed by atoms with E-state index in [2.05, 4.69) is 10.1 Å². The molecule has 1 aromatic rings. The van der Waals surface area contributed by atoms with Crippen LogP contribution in [-0.2, 0) is 0 Å². The maximum atomic E-state index is 8.93. The van der Waals surface area contributed by atoms with Gasteiger partial charge in [0.1, 0.15) is 0 Å². The number of oxime groups is 1. The molecule has 1 N–H and O–H groups in total. The van der Waals surface area contributed by atoms with E-state index in [1.54, 1.807) is 0 Å². The van der Waals surface area contributed by atoms with Crippen LogP contribution in [-0.4, -0.2) is 36.5 Å². The molecule has 0 aliphatic rings. The van der Waals surface area contributed by atoms with Crippen molar-refractivity contribution in [3.05, 3.63) is 35.4 Å². The molecule has 0 unspecified atom stereocenters. The van der Waals surface area contributed by atoms with Gasteiger partial charge in [0.2, 0.25) is 0 Å². The Labute approximate surface area is 91.0 Å². The van der Waals surface area contributed by atoms with Gasteiger partial charge in [-0.15, -0.1) is 0 Å². The first-order chi connectivity index (χ1) is 7.13. The van der Waals surface area contributed by atoms with E-state index in [1.165, 1.54) is 5.56 Å². The number of nitrogens with zero attached hydrogens (tertiary/aromatic N) is 2. The summed E-state index contributed by atoms with van der Waals surface area (Å²) in [7, 11) is 4.01. The standard InChI is InChI=1S/C12H18N2O/c1-10-4-6-11(7-5-10)12(13-15)8-9-14(2)3/h4-7,15H,8-9H2,1-3H3/b13-12+. The first kappa shape index (κ1) is 11.7. The quantitative estimate of drug-likeness (QED) is 0.465. The lowest BCUT2D eigenvalue weighted by molar-refractivity contribution is 0.316. The summed E-state index contributed by atoms with van der Waals surface area (Å²) in [5.74, 6) is 0. The second-order valence-corrected chi connectivity index (χ2v) is 3.97. The molecule has 0 aliphatic carbocycles. The molecule has 1 aromatic carbocycles. The van der Waals surface area contributed by atoms with Crippen LogP contribution in [0.2, 0.25) is 0 Å². The Morgan fingerprint density at radius 1 is 1.27 bits per heavy atom. The van der Waals surface area contributed by atoms with E-state index >= 15 is 0 Å². The third kappa shape index (κ3) is 3.72. The fourth-order valence-electron chi connectivity index (χ4n) is 1.33. The number of hydrogen-bond acceptors (Lipinski definition) is 3. The van der Waals surface area contributed by atoms with Crippen LogP contribution < -0.4 is 0 Å². The molecule has 0 fully saturated rings. The van der Waals surface area contributed by atoms with Crippen molar-refractivity contribution in [2.45, 2.75) is 13.3 Å². The molecule has 1 rings (SSSR count). The Morgan fingerprint density at radius 3 is 2.33 bits per heavy atom. The molecule has 3 nitrogen and oxygen atoms in total. The number of rotatable bonds is 4. The van der Waals surface area contributed by atoms with Crippen LogP contribution in [0.25, 0.3) is 0 Å². The Kier molecular flexibility index (Phi) is 4.31. The van der Waals surface area contributed by atoms with E-state index in [9.17, 15) is 0 Å². The van der Waals surface area contributed by atoms with Gasteiger partial charge in [0.05, 0.1) is 5.71 Å². The zero-order valence-corrected chi connectivity index (χ0v) is 9.57. The van der Waals surface area contributed by atoms with Crippen molar-refractivity contribution in [2.75, 3.05) is 20.6 Å². The second-order valence-electron chi connectivity index (χ2n) is 3.97. The van der Waals surface area contributed by atoms with Crippen molar-refractivity contribution < 1.29 is 5.21 Å². The number of hydrogen-bond donors (Lipinski definition) is 1. The maximum absolute atomic E-state index is 8.93. The van der Waals surface area contributed by atoms with Crippen molar-refractivity contribution in [2.24, 2.45) is 5.16 Å². The minimum Gasteiger partial charge on any atom is -0.411 e. The van der Waals surface area contributed by atoms with E-state index in [0.717, 1.165) is 24.2 Å². The third-order valence-corrected chi connectivity index (χ3v) is 2.30. The van der Waals surface area contributed by atoms with Gasteiger partial charge in [0, 0.05) is 13.0 Å². The van der Waals surface area contributed by atoms with E-state index in [4.69, 9.17) is 5.21 Å². The predicted octanol–water partition coefficient (Wildman–Crippen LogP) is 2.13. The molecule has 0 aliphatic heterocycles. The van der Waals surface area contributed by atoms with E-state index in [-0.39, 0.29) is 0 Å². The molecule has 15 heavy (non-hydrogen) atoms. The Hall–Kier alpha value is -1.35. The van der Waals surface area contributed by atoms with Crippen molar-refractivity contribution in [1.82, 2.24) is 4.90 Å². The first-order valence-electron chi connectivity index (χ1n) is 5.06. The molecule has 0 amide bonds. The molecule has 82 valence electrons. The Balaban J connectivity index is 2.71. The van der Waals surface area contributed by atoms with E-state index in [0.29, 0.717) is 0 Å². The summed E-state index contributed by atoms with van der Waals surface area (Å²) in [5.41, 5.74) is 2.94. The average Bonchev–Trinajstić information content (AvgIpc) is 2.21. The zero-order chi connectivity index (χ0) is 11.3. The molecule has 0 bridgehead atoms. The fourth-order valence-corrected chi connectivity index (χ4v) is 1.33. The minimum atomic E-state index is 0.740. The zero-order valence-electron chi connectivity index (χ0n) is 9.57. The van der Waals surface area contributed by atoms with E-state index in [1.807, 2.05) is 45.3 Å². The summed E-state index contributed by atoms with van der Waals surface area (Å²) in [6.45, 7) is 2.92. The smallest absolute Gasteiger partial charge is 0.0880 e. The van der Waals surface area contributed by atoms with Crippen LogP contribution in [0, 0.1) is 6.92 Å². The maximum Gasteiger partial charge on any atom is 0.0880 e. The normalized spacial score (nSPS) is 12.1. The van der Waals surface area contributed by atoms with Gasteiger partial charge in [0.15, 0.2) is 0 Å². The van der Waals surface area contributed by atoms with Crippen LogP contribution in [0.3, 0.4) is 0 Å². The Bertz CT molecular complexity index is 328.